The van der Waals surface area contributed by atoms with Gasteiger partial charge in [-0.25, -0.2) is 4.98 Å². The first-order valence-corrected chi connectivity index (χ1v) is 6.18. The Kier molecular flexibility index (Phi) is 3.12. The first-order valence-electron chi connectivity index (χ1n) is 6.18. The lowest BCUT2D eigenvalue weighted by Crippen LogP contribution is -2.45. The molecule has 1 fully saturated rings. The fourth-order valence-corrected chi connectivity index (χ4v) is 2.16. The van der Waals surface area contributed by atoms with Crippen LogP contribution < -0.4 is 10.6 Å². The molecule has 0 spiro atoms. The number of nitrogens with one attached hydrogen (secondary N) is 2. The molecule has 96 valence electrons. The van der Waals surface area contributed by atoms with Crippen molar-refractivity contribution in [2.75, 3.05) is 31.6 Å². The van der Waals surface area contributed by atoms with Gasteiger partial charge in [-0.3, -0.25) is 0 Å². The Morgan fingerprint density at radius 2 is 2.50 bits per heavy atom. The molecule has 2 aromatic rings. The van der Waals surface area contributed by atoms with Gasteiger partial charge in [0.2, 0.25) is 0 Å². The van der Waals surface area contributed by atoms with E-state index in [2.05, 4.69) is 33.7 Å². The van der Waals surface area contributed by atoms with Crippen molar-refractivity contribution in [3.05, 3.63) is 24.0 Å². The van der Waals surface area contributed by atoms with Gasteiger partial charge >= 0.3 is 0 Å². The van der Waals surface area contributed by atoms with Crippen LogP contribution in [0.15, 0.2) is 18.5 Å². The molecule has 2 aromatic heterocycles. The molecule has 0 radical (unpaired) electrons. The number of rotatable bonds is 3. The molecule has 1 atom stereocenters. The first kappa shape index (κ1) is 11.4. The number of pyridine rings is 1. The van der Waals surface area contributed by atoms with Gasteiger partial charge in [0.1, 0.15) is 12.1 Å². The molecule has 0 aliphatic carbocycles. The maximum Gasteiger partial charge on any atom is 0.157 e. The highest BCUT2D eigenvalue weighted by Crippen LogP contribution is 2.13. The van der Waals surface area contributed by atoms with E-state index < -0.39 is 0 Å². The predicted molar refractivity (Wildman–Crippen MR) is 68.8 cm³/mol. The van der Waals surface area contributed by atoms with Gasteiger partial charge in [0, 0.05) is 19.1 Å². The molecule has 0 bridgehead atoms. The Hall–Kier alpha value is -1.66. The number of nitrogens with zero attached hydrogens (tertiary/aromatic N) is 3. The second-order valence-electron chi connectivity index (χ2n) is 4.55. The summed E-state index contributed by atoms with van der Waals surface area (Å²) >= 11 is 0. The van der Waals surface area contributed by atoms with Gasteiger partial charge in [-0.2, -0.15) is 9.61 Å². The van der Waals surface area contributed by atoms with Gasteiger partial charge in [0.15, 0.2) is 5.65 Å². The van der Waals surface area contributed by atoms with Gasteiger partial charge in [0.05, 0.1) is 13.2 Å². The van der Waals surface area contributed by atoms with Crippen molar-refractivity contribution in [2.24, 2.45) is 0 Å². The Balaban J connectivity index is 1.75. The number of morpholine rings is 1. The number of hydrogen-bond acceptors (Lipinski definition) is 5. The molecule has 0 aromatic carbocycles. The fraction of sp³-hybridized carbons (Fsp3) is 0.500. The molecule has 6 heteroatoms. The summed E-state index contributed by atoms with van der Waals surface area (Å²) < 4.78 is 7.25. The second kappa shape index (κ2) is 4.91. The van der Waals surface area contributed by atoms with Crippen molar-refractivity contribution in [1.29, 1.82) is 0 Å². The third-order valence-electron chi connectivity index (χ3n) is 3.05. The van der Waals surface area contributed by atoms with E-state index >= 15 is 0 Å². The molecule has 3 rings (SSSR count). The van der Waals surface area contributed by atoms with E-state index in [4.69, 9.17) is 4.74 Å². The minimum absolute atomic E-state index is 0.345. The van der Waals surface area contributed by atoms with Crippen LogP contribution in [0, 0.1) is 6.92 Å². The summed E-state index contributed by atoms with van der Waals surface area (Å²) in [6, 6.07) is 4.43. The Bertz CT molecular complexity index is 532. The average Bonchev–Trinajstić information content (AvgIpc) is 2.85. The maximum atomic E-state index is 5.43. The number of fused-ring (bicyclic) bond motifs is 1. The monoisotopic (exact) mass is 247 g/mol. The van der Waals surface area contributed by atoms with Crippen LogP contribution in [0.1, 0.15) is 5.56 Å². The highest BCUT2D eigenvalue weighted by atomic mass is 16.5. The average molecular weight is 247 g/mol. The summed E-state index contributed by atoms with van der Waals surface area (Å²) in [7, 11) is 0. The highest BCUT2D eigenvalue weighted by molar-refractivity contribution is 5.51. The predicted octanol–water partition coefficient (Wildman–Crippen LogP) is 0.438. The van der Waals surface area contributed by atoms with Crippen molar-refractivity contribution >= 4 is 11.5 Å². The van der Waals surface area contributed by atoms with Crippen LogP contribution in [0.2, 0.25) is 0 Å². The summed E-state index contributed by atoms with van der Waals surface area (Å²) in [5.41, 5.74) is 2.04. The zero-order valence-electron chi connectivity index (χ0n) is 10.4. The SMILES string of the molecule is Cc1cc(NCC2COCCN2)n2ncnc2c1. The molecular weight excluding hydrogens is 230 g/mol. The molecule has 0 amide bonds. The zero-order chi connectivity index (χ0) is 12.4. The molecule has 1 unspecified atom stereocenters. The van der Waals surface area contributed by atoms with Crippen molar-refractivity contribution < 1.29 is 4.74 Å². The van der Waals surface area contributed by atoms with Crippen LogP contribution in [0.3, 0.4) is 0 Å². The topological polar surface area (TPSA) is 63.5 Å². The smallest absolute Gasteiger partial charge is 0.157 e. The van der Waals surface area contributed by atoms with E-state index in [1.807, 2.05) is 10.6 Å². The van der Waals surface area contributed by atoms with Crippen molar-refractivity contribution in [2.45, 2.75) is 13.0 Å². The highest BCUT2D eigenvalue weighted by Gasteiger charge is 2.13. The van der Waals surface area contributed by atoms with Crippen LogP contribution in [0.5, 0.6) is 0 Å². The summed E-state index contributed by atoms with van der Waals surface area (Å²) in [6.45, 7) is 5.34. The van der Waals surface area contributed by atoms with E-state index in [-0.39, 0.29) is 0 Å². The second-order valence-corrected chi connectivity index (χ2v) is 4.55. The van der Waals surface area contributed by atoms with E-state index in [1.165, 1.54) is 5.56 Å². The van der Waals surface area contributed by atoms with Crippen molar-refractivity contribution in [1.82, 2.24) is 19.9 Å². The molecule has 18 heavy (non-hydrogen) atoms. The molecule has 3 heterocycles. The minimum atomic E-state index is 0.345. The van der Waals surface area contributed by atoms with Crippen LogP contribution >= 0.6 is 0 Å². The molecule has 2 N–H and O–H groups in total. The molecule has 6 nitrogen and oxygen atoms in total. The van der Waals surface area contributed by atoms with Crippen molar-refractivity contribution in [3.8, 4) is 0 Å². The van der Waals surface area contributed by atoms with E-state index in [9.17, 15) is 0 Å². The lowest BCUT2D eigenvalue weighted by molar-refractivity contribution is 0.0806. The van der Waals surface area contributed by atoms with Gasteiger partial charge in [-0.15, -0.1) is 0 Å². The zero-order valence-corrected chi connectivity index (χ0v) is 10.4. The Morgan fingerprint density at radius 3 is 3.33 bits per heavy atom. The minimum Gasteiger partial charge on any atom is -0.378 e. The third-order valence-corrected chi connectivity index (χ3v) is 3.05. The lowest BCUT2D eigenvalue weighted by atomic mass is 10.2. The lowest BCUT2D eigenvalue weighted by Gasteiger charge is -2.24. The Labute approximate surface area is 105 Å². The largest absolute Gasteiger partial charge is 0.378 e. The van der Waals surface area contributed by atoms with Gasteiger partial charge in [0.25, 0.3) is 0 Å². The van der Waals surface area contributed by atoms with E-state index in [0.29, 0.717) is 6.04 Å². The Morgan fingerprint density at radius 1 is 1.56 bits per heavy atom. The molecule has 1 saturated heterocycles. The maximum absolute atomic E-state index is 5.43. The van der Waals surface area contributed by atoms with Gasteiger partial charge < -0.3 is 15.4 Å². The quantitative estimate of drug-likeness (QED) is 0.824. The van der Waals surface area contributed by atoms with Crippen LogP contribution in [0.4, 0.5) is 5.82 Å². The van der Waals surface area contributed by atoms with Crippen LogP contribution in [0.25, 0.3) is 5.65 Å². The number of aryl methyl sites for hydroxylation is 1. The summed E-state index contributed by atoms with van der Waals surface area (Å²) in [6.07, 6.45) is 1.57. The van der Waals surface area contributed by atoms with Crippen molar-refractivity contribution in [3.63, 3.8) is 0 Å². The summed E-state index contributed by atoms with van der Waals surface area (Å²) in [5, 5.41) is 11.0. The first-order chi connectivity index (χ1) is 8.83. The van der Waals surface area contributed by atoms with Gasteiger partial charge in [-0.1, -0.05) is 0 Å². The molecule has 1 aliphatic heterocycles. The fourth-order valence-electron chi connectivity index (χ4n) is 2.16. The number of ether oxygens (including phenoxy) is 1. The van der Waals surface area contributed by atoms with E-state index in [0.717, 1.165) is 37.8 Å². The normalized spacial score (nSPS) is 20.2. The summed E-state index contributed by atoms with van der Waals surface area (Å²) in [4.78, 5) is 4.21. The molecular formula is C12H17N5O. The number of aromatic nitrogens is 3. The number of hydrogen-bond donors (Lipinski definition) is 2. The summed E-state index contributed by atoms with van der Waals surface area (Å²) in [5.74, 6) is 0.967. The standard InChI is InChI=1S/C12H17N5O/c1-9-4-11(17-12(5-9)15-8-16-17)14-6-10-7-18-3-2-13-10/h4-5,8,10,13-14H,2-3,6-7H2,1H3. The number of anilines is 1. The van der Waals surface area contributed by atoms with Gasteiger partial charge in [-0.05, 0) is 24.6 Å². The van der Waals surface area contributed by atoms with Crippen LogP contribution in [-0.4, -0.2) is 46.9 Å². The molecule has 0 saturated carbocycles. The third kappa shape index (κ3) is 2.30. The molecule has 1 aliphatic rings. The van der Waals surface area contributed by atoms with Crippen LogP contribution in [-0.2, 0) is 4.74 Å². The van der Waals surface area contributed by atoms with E-state index in [1.54, 1.807) is 6.33 Å².